The van der Waals surface area contributed by atoms with E-state index in [1.165, 1.54) is 11.1 Å². The number of amides is 1. The van der Waals surface area contributed by atoms with Crippen molar-refractivity contribution in [3.63, 3.8) is 0 Å². The summed E-state index contributed by atoms with van der Waals surface area (Å²) in [5.41, 5.74) is 4.50. The maximum atomic E-state index is 12.8. The van der Waals surface area contributed by atoms with Crippen molar-refractivity contribution in [2.75, 3.05) is 25.0 Å². The van der Waals surface area contributed by atoms with Crippen LogP contribution in [0.4, 0.5) is 5.69 Å². The molecule has 128 valence electrons. The fraction of sp³-hybridized carbons (Fsp3) is 0.333. The molecule has 0 spiro atoms. The number of anilines is 1. The average molecular weight is 366 g/mol. The summed E-state index contributed by atoms with van der Waals surface area (Å²) in [6.45, 7) is 1.67. The van der Waals surface area contributed by atoms with E-state index < -0.39 is 0 Å². The van der Waals surface area contributed by atoms with Crippen LogP contribution in [-0.4, -0.2) is 35.9 Å². The molecule has 0 N–H and O–H groups in total. The normalized spacial score (nSPS) is 19.6. The first-order chi connectivity index (χ1) is 10.7. The molecule has 0 bridgehead atoms. The van der Waals surface area contributed by atoms with Crippen molar-refractivity contribution in [3.8, 4) is 0 Å². The second-order valence-electron chi connectivity index (χ2n) is 6.14. The lowest BCUT2D eigenvalue weighted by molar-refractivity contribution is -0.118. The fourth-order valence-corrected chi connectivity index (χ4v) is 3.57. The van der Waals surface area contributed by atoms with Crippen LogP contribution in [0.2, 0.25) is 0 Å². The van der Waals surface area contributed by atoms with Gasteiger partial charge in [0.2, 0.25) is 5.91 Å². The van der Waals surface area contributed by atoms with Gasteiger partial charge in [0.25, 0.3) is 0 Å². The summed E-state index contributed by atoms with van der Waals surface area (Å²) in [4.78, 5) is 21.6. The molecule has 3 heterocycles. The minimum Gasteiger partial charge on any atom is -0.303 e. The second kappa shape index (κ2) is 7.51. The number of likely N-dealkylation sites (N-methyl/N-ethyl adjacent to an activating group) is 1. The quantitative estimate of drug-likeness (QED) is 0.718. The number of carbonyl (C=O) groups excluding carboxylic acids is 1. The number of fused-ring (bicyclic) bond motifs is 5. The van der Waals surface area contributed by atoms with Gasteiger partial charge in [0.05, 0.1) is 17.4 Å². The lowest BCUT2D eigenvalue weighted by Crippen LogP contribution is -2.36. The maximum Gasteiger partial charge on any atom is 0.228 e. The molecule has 2 aromatic rings. The number of benzene rings is 1. The van der Waals surface area contributed by atoms with Crippen LogP contribution < -0.4 is 4.90 Å². The number of aromatic nitrogens is 1. The van der Waals surface area contributed by atoms with Crippen molar-refractivity contribution in [2.45, 2.75) is 18.9 Å². The molecule has 1 amide bonds. The summed E-state index contributed by atoms with van der Waals surface area (Å²) in [6.07, 6.45) is 3.16. The van der Waals surface area contributed by atoms with E-state index in [1.54, 1.807) is 0 Å². The standard InChI is InChI=1S/C18H19N3O.2ClH/c1-20-10-8-18(22)21-16-7-4-9-19-15(16)11-13-5-2-3-6-14(13)17(21)12-20;;/h2-7,9,17H,8,10-12H2,1H3;2*1H. The van der Waals surface area contributed by atoms with Gasteiger partial charge in [-0.2, -0.15) is 0 Å². The van der Waals surface area contributed by atoms with Crippen molar-refractivity contribution in [2.24, 2.45) is 0 Å². The summed E-state index contributed by atoms with van der Waals surface area (Å²) >= 11 is 0. The first kappa shape index (κ1) is 18.7. The van der Waals surface area contributed by atoms with Crippen LogP contribution in [0.3, 0.4) is 0 Å². The van der Waals surface area contributed by atoms with Gasteiger partial charge in [0, 0.05) is 32.1 Å². The molecule has 6 heteroatoms. The van der Waals surface area contributed by atoms with Gasteiger partial charge in [-0.15, -0.1) is 24.8 Å². The molecule has 2 aliphatic heterocycles. The van der Waals surface area contributed by atoms with E-state index >= 15 is 0 Å². The van der Waals surface area contributed by atoms with Crippen molar-refractivity contribution in [3.05, 3.63) is 59.4 Å². The molecule has 1 aromatic heterocycles. The molecule has 1 aromatic carbocycles. The summed E-state index contributed by atoms with van der Waals surface area (Å²) < 4.78 is 0. The van der Waals surface area contributed by atoms with Gasteiger partial charge in [-0.25, -0.2) is 0 Å². The van der Waals surface area contributed by atoms with Gasteiger partial charge in [-0.3, -0.25) is 9.78 Å². The molecule has 1 saturated heterocycles. The molecule has 0 radical (unpaired) electrons. The number of rotatable bonds is 0. The number of hydrogen-bond acceptors (Lipinski definition) is 3. The number of halogens is 2. The van der Waals surface area contributed by atoms with Crippen LogP contribution in [0.1, 0.15) is 29.3 Å². The van der Waals surface area contributed by atoms with Gasteiger partial charge < -0.3 is 9.80 Å². The van der Waals surface area contributed by atoms with Crippen molar-refractivity contribution < 1.29 is 4.79 Å². The summed E-state index contributed by atoms with van der Waals surface area (Å²) in [5, 5.41) is 0. The van der Waals surface area contributed by atoms with Crippen LogP contribution in [0.15, 0.2) is 42.6 Å². The van der Waals surface area contributed by atoms with Crippen LogP contribution in [0, 0.1) is 0 Å². The summed E-state index contributed by atoms with van der Waals surface area (Å²) in [7, 11) is 2.09. The Kier molecular flexibility index (Phi) is 5.86. The molecule has 4 nitrogen and oxygen atoms in total. The molecule has 4 rings (SSSR count). The molecule has 2 aliphatic rings. The van der Waals surface area contributed by atoms with Crippen LogP contribution in [-0.2, 0) is 11.2 Å². The van der Waals surface area contributed by atoms with E-state index in [0.29, 0.717) is 6.42 Å². The molecular formula is C18H21Cl2N3O. The SMILES string of the molecule is CN1CCC(=O)N2c3cccnc3Cc3ccccc3C2C1.Cl.Cl. The number of carbonyl (C=O) groups is 1. The minimum absolute atomic E-state index is 0. The monoisotopic (exact) mass is 365 g/mol. The number of nitrogens with zero attached hydrogens (tertiary/aromatic N) is 3. The van der Waals surface area contributed by atoms with Gasteiger partial charge in [0.15, 0.2) is 0 Å². The first-order valence-corrected chi connectivity index (χ1v) is 7.76. The highest BCUT2D eigenvalue weighted by Crippen LogP contribution is 2.38. The molecule has 1 unspecified atom stereocenters. The topological polar surface area (TPSA) is 36.4 Å². The molecule has 1 atom stereocenters. The van der Waals surface area contributed by atoms with Crippen molar-refractivity contribution in [1.29, 1.82) is 0 Å². The van der Waals surface area contributed by atoms with Gasteiger partial charge >= 0.3 is 0 Å². The minimum atomic E-state index is 0. The zero-order valence-corrected chi connectivity index (χ0v) is 15.1. The van der Waals surface area contributed by atoms with E-state index in [4.69, 9.17) is 0 Å². The van der Waals surface area contributed by atoms with Crippen molar-refractivity contribution >= 4 is 36.4 Å². The van der Waals surface area contributed by atoms with E-state index in [1.807, 2.05) is 23.2 Å². The summed E-state index contributed by atoms with van der Waals surface area (Å²) in [5.74, 6) is 0.195. The fourth-order valence-electron chi connectivity index (χ4n) is 3.57. The highest BCUT2D eigenvalue weighted by Gasteiger charge is 2.35. The molecule has 0 saturated carbocycles. The highest BCUT2D eigenvalue weighted by molar-refractivity contribution is 5.95. The molecule has 24 heavy (non-hydrogen) atoms. The predicted octanol–water partition coefficient (Wildman–Crippen LogP) is 3.24. The van der Waals surface area contributed by atoms with Gasteiger partial charge in [0.1, 0.15) is 0 Å². The Morgan fingerprint density at radius 2 is 1.92 bits per heavy atom. The Morgan fingerprint density at radius 3 is 2.75 bits per heavy atom. The van der Waals surface area contributed by atoms with Crippen LogP contribution in [0.5, 0.6) is 0 Å². The zero-order valence-electron chi connectivity index (χ0n) is 13.5. The largest absolute Gasteiger partial charge is 0.303 e. The highest BCUT2D eigenvalue weighted by atomic mass is 35.5. The lowest BCUT2D eigenvalue weighted by Gasteiger charge is -2.31. The Balaban J connectivity index is 0.00000104. The van der Waals surface area contributed by atoms with E-state index in [0.717, 1.165) is 30.9 Å². The summed E-state index contributed by atoms with van der Waals surface area (Å²) in [6, 6.07) is 12.5. The third-order valence-electron chi connectivity index (χ3n) is 4.67. The first-order valence-electron chi connectivity index (χ1n) is 7.76. The van der Waals surface area contributed by atoms with E-state index in [2.05, 4.69) is 41.2 Å². The smallest absolute Gasteiger partial charge is 0.228 e. The molecule has 1 fully saturated rings. The zero-order chi connectivity index (χ0) is 15.1. The van der Waals surface area contributed by atoms with E-state index in [9.17, 15) is 4.79 Å². The average Bonchev–Trinajstić information content (AvgIpc) is 2.76. The van der Waals surface area contributed by atoms with Crippen LogP contribution in [0.25, 0.3) is 0 Å². The third-order valence-corrected chi connectivity index (χ3v) is 4.67. The van der Waals surface area contributed by atoms with Crippen LogP contribution >= 0.6 is 24.8 Å². The Bertz CT molecular complexity index is 738. The van der Waals surface area contributed by atoms with Crippen molar-refractivity contribution in [1.82, 2.24) is 9.88 Å². The maximum absolute atomic E-state index is 12.8. The third kappa shape index (κ3) is 3.14. The lowest BCUT2D eigenvalue weighted by atomic mass is 9.98. The van der Waals surface area contributed by atoms with Gasteiger partial charge in [-0.05, 0) is 30.3 Å². The van der Waals surface area contributed by atoms with E-state index in [-0.39, 0.29) is 36.8 Å². The number of pyridine rings is 1. The second-order valence-corrected chi connectivity index (χ2v) is 6.14. The Morgan fingerprint density at radius 1 is 1.12 bits per heavy atom. The Labute approximate surface area is 154 Å². The number of hydrogen-bond donors (Lipinski definition) is 0. The van der Waals surface area contributed by atoms with Gasteiger partial charge in [-0.1, -0.05) is 24.3 Å². The predicted molar refractivity (Wildman–Crippen MR) is 100 cm³/mol. The Hall–Kier alpha value is -1.62. The molecule has 0 aliphatic carbocycles. The molecular weight excluding hydrogens is 345 g/mol.